The first-order chi connectivity index (χ1) is 7.51. The maximum absolute atomic E-state index is 11.8. The Labute approximate surface area is 94.5 Å². The molecule has 0 saturated heterocycles. The summed E-state index contributed by atoms with van der Waals surface area (Å²) in [6.45, 7) is 3.39. The number of nitrogens with zero attached hydrogens (tertiary/aromatic N) is 1. The van der Waals surface area contributed by atoms with Crippen LogP contribution in [0.25, 0.3) is 0 Å². The van der Waals surface area contributed by atoms with Gasteiger partial charge in [0, 0.05) is 5.69 Å². The van der Waals surface area contributed by atoms with Crippen molar-refractivity contribution in [2.75, 3.05) is 5.32 Å². The molecular weight excluding hydrogens is 204 g/mol. The molecular formula is C12H14N2O2. The maximum Gasteiger partial charge on any atom is 0.244 e. The highest BCUT2D eigenvalue weighted by Gasteiger charge is 2.31. The van der Waals surface area contributed by atoms with Gasteiger partial charge in [0.15, 0.2) is 0 Å². The molecule has 0 aliphatic heterocycles. The average molecular weight is 218 g/mol. The van der Waals surface area contributed by atoms with Gasteiger partial charge in [0.2, 0.25) is 5.91 Å². The first kappa shape index (κ1) is 12.1. The van der Waals surface area contributed by atoms with E-state index < -0.39 is 5.41 Å². The summed E-state index contributed by atoms with van der Waals surface area (Å²) in [4.78, 5) is 11.8. The van der Waals surface area contributed by atoms with E-state index in [-0.39, 0.29) is 11.7 Å². The molecule has 1 aromatic rings. The van der Waals surface area contributed by atoms with Crippen LogP contribution in [-0.2, 0) is 4.79 Å². The Morgan fingerprint density at radius 1 is 1.50 bits per heavy atom. The topological polar surface area (TPSA) is 73.1 Å². The fourth-order valence-corrected chi connectivity index (χ4v) is 1.10. The Balaban J connectivity index is 2.79. The molecule has 0 fully saturated rings. The Kier molecular flexibility index (Phi) is 3.51. The van der Waals surface area contributed by atoms with Gasteiger partial charge in [-0.3, -0.25) is 4.79 Å². The smallest absolute Gasteiger partial charge is 0.244 e. The van der Waals surface area contributed by atoms with E-state index in [2.05, 4.69) is 5.32 Å². The fraction of sp³-hybridized carbons (Fsp3) is 0.333. The van der Waals surface area contributed by atoms with Gasteiger partial charge >= 0.3 is 0 Å². The average Bonchev–Trinajstić information content (AvgIpc) is 2.31. The Bertz CT molecular complexity index is 420. The molecule has 0 bridgehead atoms. The van der Waals surface area contributed by atoms with E-state index in [1.165, 1.54) is 12.1 Å². The molecule has 0 radical (unpaired) electrons. The van der Waals surface area contributed by atoms with Gasteiger partial charge in [-0.25, -0.2) is 0 Å². The number of anilines is 1. The quantitative estimate of drug-likeness (QED) is 0.764. The summed E-state index contributed by atoms with van der Waals surface area (Å²) in [5.74, 6) is -0.195. The van der Waals surface area contributed by atoms with Crippen LogP contribution in [0, 0.1) is 16.7 Å². The minimum atomic E-state index is -1.02. The van der Waals surface area contributed by atoms with Gasteiger partial charge in [0.05, 0.1) is 6.07 Å². The summed E-state index contributed by atoms with van der Waals surface area (Å²) in [6, 6.07) is 8.12. The van der Waals surface area contributed by atoms with Crippen molar-refractivity contribution in [1.82, 2.24) is 0 Å². The van der Waals surface area contributed by atoms with Crippen molar-refractivity contribution < 1.29 is 9.90 Å². The lowest BCUT2D eigenvalue weighted by Crippen LogP contribution is -2.31. The molecule has 0 heterocycles. The molecule has 16 heavy (non-hydrogen) atoms. The first-order valence-electron chi connectivity index (χ1n) is 5.03. The number of nitrogens with one attached hydrogen (secondary N) is 1. The molecule has 4 heteroatoms. The van der Waals surface area contributed by atoms with E-state index in [0.717, 1.165) is 0 Å². The summed E-state index contributed by atoms with van der Waals surface area (Å²) in [6.07, 6.45) is 0.452. The number of hydrogen-bond acceptors (Lipinski definition) is 3. The van der Waals surface area contributed by atoms with Crippen molar-refractivity contribution in [3.05, 3.63) is 24.3 Å². The normalized spacial score (nSPS) is 13.6. The molecule has 4 nitrogen and oxygen atoms in total. The number of carbonyl (C=O) groups is 1. The zero-order chi connectivity index (χ0) is 12.2. The van der Waals surface area contributed by atoms with E-state index in [0.29, 0.717) is 12.1 Å². The number of phenols is 1. The predicted molar refractivity (Wildman–Crippen MR) is 60.7 cm³/mol. The SMILES string of the molecule is CCC(C)(C#N)C(=O)Nc1ccc(O)cc1. The van der Waals surface area contributed by atoms with Gasteiger partial charge in [-0.1, -0.05) is 6.92 Å². The van der Waals surface area contributed by atoms with E-state index in [4.69, 9.17) is 10.4 Å². The summed E-state index contributed by atoms with van der Waals surface area (Å²) >= 11 is 0. The van der Waals surface area contributed by atoms with Gasteiger partial charge in [0.1, 0.15) is 11.2 Å². The number of nitriles is 1. The van der Waals surface area contributed by atoms with Gasteiger partial charge < -0.3 is 10.4 Å². The number of hydrogen-bond donors (Lipinski definition) is 2. The van der Waals surface area contributed by atoms with Gasteiger partial charge in [-0.05, 0) is 37.6 Å². The van der Waals surface area contributed by atoms with Crippen LogP contribution in [0.3, 0.4) is 0 Å². The number of aromatic hydroxyl groups is 1. The highest BCUT2D eigenvalue weighted by Crippen LogP contribution is 2.23. The van der Waals surface area contributed by atoms with Crippen molar-refractivity contribution in [1.29, 1.82) is 5.26 Å². The maximum atomic E-state index is 11.8. The van der Waals surface area contributed by atoms with Gasteiger partial charge in [-0.15, -0.1) is 0 Å². The van der Waals surface area contributed by atoms with Crippen LogP contribution < -0.4 is 5.32 Å². The second-order valence-corrected chi connectivity index (χ2v) is 3.80. The molecule has 0 spiro atoms. The zero-order valence-electron chi connectivity index (χ0n) is 9.32. The summed E-state index contributed by atoms with van der Waals surface area (Å²) in [5.41, 5.74) is -0.449. The summed E-state index contributed by atoms with van der Waals surface area (Å²) < 4.78 is 0. The molecule has 1 rings (SSSR count). The number of carbonyl (C=O) groups excluding carboxylic acids is 1. The third-order valence-corrected chi connectivity index (χ3v) is 2.58. The molecule has 0 aliphatic rings. The Hall–Kier alpha value is -2.02. The summed E-state index contributed by atoms with van der Waals surface area (Å²) in [5, 5.41) is 20.6. The van der Waals surface area contributed by atoms with Crippen molar-refractivity contribution >= 4 is 11.6 Å². The lowest BCUT2D eigenvalue weighted by Gasteiger charge is -2.18. The Morgan fingerprint density at radius 3 is 2.50 bits per heavy atom. The number of rotatable bonds is 3. The highest BCUT2D eigenvalue weighted by atomic mass is 16.3. The molecule has 0 aromatic heterocycles. The van der Waals surface area contributed by atoms with Crippen molar-refractivity contribution in [2.45, 2.75) is 20.3 Å². The van der Waals surface area contributed by atoms with Gasteiger partial charge in [-0.2, -0.15) is 5.26 Å². The molecule has 84 valence electrons. The van der Waals surface area contributed by atoms with Crippen LogP contribution in [0.15, 0.2) is 24.3 Å². The highest BCUT2D eigenvalue weighted by molar-refractivity contribution is 5.96. The minimum absolute atomic E-state index is 0.136. The van der Waals surface area contributed by atoms with Crippen LogP contribution in [-0.4, -0.2) is 11.0 Å². The third-order valence-electron chi connectivity index (χ3n) is 2.58. The molecule has 0 aliphatic carbocycles. The van der Waals surface area contributed by atoms with E-state index in [9.17, 15) is 4.79 Å². The van der Waals surface area contributed by atoms with E-state index in [1.54, 1.807) is 26.0 Å². The number of amides is 1. The van der Waals surface area contributed by atoms with Gasteiger partial charge in [0.25, 0.3) is 0 Å². The molecule has 0 saturated carbocycles. The second-order valence-electron chi connectivity index (χ2n) is 3.80. The van der Waals surface area contributed by atoms with Crippen molar-refractivity contribution in [3.8, 4) is 11.8 Å². The first-order valence-corrected chi connectivity index (χ1v) is 5.03. The van der Waals surface area contributed by atoms with Crippen LogP contribution in [0.1, 0.15) is 20.3 Å². The van der Waals surface area contributed by atoms with Crippen molar-refractivity contribution in [2.24, 2.45) is 5.41 Å². The molecule has 1 unspecified atom stereocenters. The van der Waals surface area contributed by atoms with Crippen molar-refractivity contribution in [3.63, 3.8) is 0 Å². The van der Waals surface area contributed by atoms with E-state index in [1.807, 2.05) is 6.07 Å². The Morgan fingerprint density at radius 2 is 2.06 bits per heavy atom. The number of benzene rings is 1. The van der Waals surface area contributed by atoms with Crippen LogP contribution in [0.5, 0.6) is 5.75 Å². The third kappa shape index (κ3) is 2.51. The predicted octanol–water partition coefficient (Wildman–Crippen LogP) is 2.27. The second kappa shape index (κ2) is 4.67. The molecule has 1 atom stereocenters. The monoisotopic (exact) mass is 218 g/mol. The standard InChI is InChI=1S/C12H14N2O2/c1-3-12(2,8-13)11(16)14-9-4-6-10(15)7-5-9/h4-7,15H,3H2,1-2H3,(H,14,16). The lowest BCUT2D eigenvalue weighted by atomic mass is 9.88. The molecule has 2 N–H and O–H groups in total. The summed E-state index contributed by atoms with van der Waals surface area (Å²) in [7, 11) is 0. The van der Waals surface area contributed by atoms with E-state index >= 15 is 0 Å². The largest absolute Gasteiger partial charge is 0.508 e. The molecule has 1 amide bonds. The minimum Gasteiger partial charge on any atom is -0.508 e. The fourth-order valence-electron chi connectivity index (χ4n) is 1.10. The zero-order valence-corrected chi connectivity index (χ0v) is 9.32. The van der Waals surface area contributed by atoms with Crippen LogP contribution >= 0.6 is 0 Å². The van der Waals surface area contributed by atoms with Crippen LogP contribution in [0.4, 0.5) is 5.69 Å². The number of phenolic OH excluding ortho intramolecular Hbond substituents is 1. The molecule has 1 aromatic carbocycles. The lowest BCUT2D eigenvalue weighted by molar-refractivity contribution is -0.122. The van der Waals surface area contributed by atoms with Crippen LogP contribution in [0.2, 0.25) is 0 Å².